The van der Waals surface area contributed by atoms with Gasteiger partial charge in [-0.05, 0) is 42.2 Å². The van der Waals surface area contributed by atoms with Gasteiger partial charge in [0.2, 0.25) is 5.91 Å². The second kappa shape index (κ2) is 6.63. The zero-order chi connectivity index (χ0) is 17.2. The van der Waals surface area contributed by atoms with Gasteiger partial charge in [0.1, 0.15) is 5.75 Å². The standard InChI is InChI=1S/C21H22N2O2/c1-25-18-10-6-15(7-11-18)14-23(17-8-9-17)21(24)12-16-13-22-20-5-3-2-4-19(16)20/h2-7,10-11,13,17,22H,8-9,12,14H2,1H3. The maximum absolute atomic E-state index is 13.0. The molecule has 0 bridgehead atoms. The van der Waals surface area contributed by atoms with Gasteiger partial charge in [-0.25, -0.2) is 0 Å². The van der Waals surface area contributed by atoms with E-state index in [0.717, 1.165) is 40.6 Å². The second-order valence-electron chi connectivity index (χ2n) is 6.64. The summed E-state index contributed by atoms with van der Waals surface area (Å²) in [5.41, 5.74) is 3.29. The van der Waals surface area contributed by atoms with E-state index >= 15 is 0 Å². The summed E-state index contributed by atoms with van der Waals surface area (Å²) < 4.78 is 5.21. The summed E-state index contributed by atoms with van der Waals surface area (Å²) in [5.74, 6) is 1.04. The Balaban J connectivity index is 1.51. The first kappa shape index (κ1) is 15.8. The van der Waals surface area contributed by atoms with Gasteiger partial charge in [-0.1, -0.05) is 30.3 Å². The molecule has 1 fully saturated rings. The van der Waals surface area contributed by atoms with Gasteiger partial charge < -0.3 is 14.6 Å². The molecule has 4 heteroatoms. The Morgan fingerprint density at radius 3 is 2.64 bits per heavy atom. The molecule has 25 heavy (non-hydrogen) atoms. The maximum atomic E-state index is 13.0. The summed E-state index contributed by atoms with van der Waals surface area (Å²) in [4.78, 5) is 18.2. The van der Waals surface area contributed by atoms with Crippen molar-refractivity contribution in [2.75, 3.05) is 7.11 Å². The number of aromatic amines is 1. The lowest BCUT2D eigenvalue weighted by molar-refractivity contribution is -0.131. The van der Waals surface area contributed by atoms with Crippen molar-refractivity contribution in [2.45, 2.75) is 31.8 Å². The van der Waals surface area contributed by atoms with Gasteiger partial charge in [-0.15, -0.1) is 0 Å². The smallest absolute Gasteiger partial charge is 0.227 e. The summed E-state index contributed by atoms with van der Waals surface area (Å²) in [7, 11) is 1.66. The number of rotatable bonds is 6. The van der Waals surface area contributed by atoms with Crippen molar-refractivity contribution in [2.24, 2.45) is 0 Å². The summed E-state index contributed by atoms with van der Waals surface area (Å²) in [6.07, 6.45) is 4.61. The molecule has 0 radical (unpaired) electrons. The van der Waals surface area contributed by atoms with Crippen molar-refractivity contribution in [1.29, 1.82) is 0 Å². The molecule has 0 unspecified atom stereocenters. The van der Waals surface area contributed by atoms with Crippen molar-refractivity contribution >= 4 is 16.8 Å². The van der Waals surface area contributed by atoms with Crippen molar-refractivity contribution in [1.82, 2.24) is 9.88 Å². The lowest BCUT2D eigenvalue weighted by Gasteiger charge is -2.22. The number of ether oxygens (including phenoxy) is 1. The number of nitrogens with one attached hydrogen (secondary N) is 1. The van der Waals surface area contributed by atoms with Crippen LogP contribution in [0.3, 0.4) is 0 Å². The Morgan fingerprint density at radius 1 is 1.16 bits per heavy atom. The maximum Gasteiger partial charge on any atom is 0.227 e. The third-order valence-corrected chi connectivity index (χ3v) is 4.84. The van der Waals surface area contributed by atoms with Crippen LogP contribution in [0, 0.1) is 0 Å². The Morgan fingerprint density at radius 2 is 1.92 bits per heavy atom. The van der Waals surface area contributed by atoms with Crippen molar-refractivity contribution in [3.8, 4) is 5.75 Å². The lowest BCUT2D eigenvalue weighted by Crippen LogP contribution is -2.33. The van der Waals surface area contributed by atoms with Crippen LogP contribution in [0.2, 0.25) is 0 Å². The number of hydrogen-bond donors (Lipinski definition) is 1. The van der Waals surface area contributed by atoms with E-state index < -0.39 is 0 Å². The first-order valence-corrected chi connectivity index (χ1v) is 8.72. The molecule has 1 aromatic heterocycles. The van der Waals surface area contributed by atoms with E-state index in [-0.39, 0.29) is 5.91 Å². The van der Waals surface area contributed by atoms with Crippen LogP contribution in [0.15, 0.2) is 54.7 Å². The molecule has 0 spiro atoms. The van der Waals surface area contributed by atoms with Crippen LogP contribution in [0.4, 0.5) is 0 Å². The van der Waals surface area contributed by atoms with Crippen LogP contribution < -0.4 is 4.74 Å². The molecule has 1 amide bonds. The predicted octanol–water partition coefficient (Wildman–Crippen LogP) is 3.91. The quantitative estimate of drug-likeness (QED) is 0.743. The lowest BCUT2D eigenvalue weighted by atomic mass is 10.1. The van der Waals surface area contributed by atoms with Crippen LogP contribution in [0.25, 0.3) is 10.9 Å². The van der Waals surface area contributed by atoms with Gasteiger partial charge >= 0.3 is 0 Å². The number of carbonyl (C=O) groups excluding carboxylic acids is 1. The molecule has 0 saturated heterocycles. The van der Waals surface area contributed by atoms with Crippen molar-refractivity contribution in [3.63, 3.8) is 0 Å². The molecule has 3 aromatic rings. The highest BCUT2D eigenvalue weighted by atomic mass is 16.5. The molecule has 4 rings (SSSR count). The van der Waals surface area contributed by atoms with Crippen LogP contribution in [-0.4, -0.2) is 28.9 Å². The van der Waals surface area contributed by atoms with E-state index in [4.69, 9.17) is 4.74 Å². The van der Waals surface area contributed by atoms with Crippen LogP contribution in [0.1, 0.15) is 24.0 Å². The van der Waals surface area contributed by atoms with Crippen LogP contribution in [0.5, 0.6) is 5.75 Å². The molecule has 0 aliphatic heterocycles. The molecule has 128 valence electrons. The SMILES string of the molecule is COc1ccc(CN(C(=O)Cc2c[nH]c3ccccc23)C2CC2)cc1. The topological polar surface area (TPSA) is 45.3 Å². The number of carbonyl (C=O) groups is 1. The van der Waals surface area contributed by atoms with Gasteiger partial charge in [0.15, 0.2) is 0 Å². The van der Waals surface area contributed by atoms with Gasteiger partial charge in [-0.2, -0.15) is 0 Å². The molecule has 1 saturated carbocycles. The number of amides is 1. The highest BCUT2D eigenvalue weighted by molar-refractivity contribution is 5.89. The van der Waals surface area contributed by atoms with Crippen LogP contribution in [-0.2, 0) is 17.8 Å². The zero-order valence-electron chi connectivity index (χ0n) is 14.4. The Bertz CT molecular complexity index is 878. The molecule has 1 N–H and O–H groups in total. The van der Waals surface area contributed by atoms with E-state index in [1.165, 1.54) is 0 Å². The van der Waals surface area contributed by atoms with E-state index in [1.54, 1.807) is 7.11 Å². The molecular formula is C21H22N2O2. The fourth-order valence-electron chi connectivity index (χ4n) is 3.28. The molecule has 1 heterocycles. The van der Waals surface area contributed by atoms with E-state index in [0.29, 0.717) is 19.0 Å². The highest BCUT2D eigenvalue weighted by Crippen LogP contribution is 2.30. The number of aromatic nitrogens is 1. The largest absolute Gasteiger partial charge is 0.497 e. The average molecular weight is 334 g/mol. The van der Waals surface area contributed by atoms with Gasteiger partial charge in [0.25, 0.3) is 0 Å². The van der Waals surface area contributed by atoms with Gasteiger partial charge in [-0.3, -0.25) is 4.79 Å². The fourth-order valence-corrected chi connectivity index (χ4v) is 3.28. The molecule has 1 aliphatic carbocycles. The molecule has 1 aliphatic rings. The number of methoxy groups -OCH3 is 1. The third kappa shape index (κ3) is 3.38. The number of nitrogens with zero attached hydrogens (tertiary/aromatic N) is 1. The van der Waals surface area contributed by atoms with Gasteiger partial charge in [0.05, 0.1) is 13.5 Å². The van der Waals surface area contributed by atoms with E-state index in [1.807, 2.05) is 53.6 Å². The fraction of sp³-hybridized carbons (Fsp3) is 0.286. The molecule has 4 nitrogen and oxygen atoms in total. The Kier molecular flexibility index (Phi) is 4.18. The number of hydrogen-bond acceptors (Lipinski definition) is 2. The first-order chi connectivity index (χ1) is 12.2. The zero-order valence-corrected chi connectivity index (χ0v) is 14.4. The monoisotopic (exact) mass is 334 g/mol. The van der Waals surface area contributed by atoms with Gasteiger partial charge in [0, 0.05) is 29.7 Å². The number of para-hydroxylation sites is 1. The minimum absolute atomic E-state index is 0.197. The third-order valence-electron chi connectivity index (χ3n) is 4.84. The van der Waals surface area contributed by atoms with Crippen molar-refractivity contribution in [3.05, 3.63) is 65.9 Å². The van der Waals surface area contributed by atoms with E-state index in [2.05, 4.69) is 11.1 Å². The summed E-state index contributed by atoms with van der Waals surface area (Å²) in [6, 6.07) is 16.5. The summed E-state index contributed by atoms with van der Waals surface area (Å²) in [5, 5.41) is 1.14. The predicted molar refractivity (Wildman–Crippen MR) is 98.6 cm³/mol. The number of fused-ring (bicyclic) bond motifs is 1. The first-order valence-electron chi connectivity index (χ1n) is 8.72. The van der Waals surface area contributed by atoms with Crippen molar-refractivity contribution < 1.29 is 9.53 Å². The number of benzene rings is 2. The molecule has 0 atom stereocenters. The Labute approximate surface area is 147 Å². The minimum Gasteiger partial charge on any atom is -0.497 e. The molecule has 2 aromatic carbocycles. The number of H-pyrrole nitrogens is 1. The normalized spacial score (nSPS) is 13.8. The minimum atomic E-state index is 0.197. The molecular weight excluding hydrogens is 312 g/mol. The summed E-state index contributed by atoms with van der Waals surface area (Å²) >= 11 is 0. The summed E-state index contributed by atoms with van der Waals surface area (Å²) in [6.45, 7) is 0.663. The highest BCUT2D eigenvalue weighted by Gasteiger charge is 2.32. The van der Waals surface area contributed by atoms with E-state index in [9.17, 15) is 4.79 Å². The average Bonchev–Trinajstić information content (AvgIpc) is 3.42. The Hall–Kier alpha value is -2.75. The second-order valence-corrected chi connectivity index (χ2v) is 6.64. The van der Waals surface area contributed by atoms with Crippen LogP contribution >= 0.6 is 0 Å².